The highest BCUT2D eigenvalue weighted by molar-refractivity contribution is 6.31. The number of hydrogen-bond donors (Lipinski definition) is 2. The van der Waals surface area contributed by atoms with Gasteiger partial charge in [0.25, 0.3) is 0 Å². The Morgan fingerprint density at radius 2 is 2.07 bits per heavy atom. The molecule has 2 nitrogen and oxygen atoms in total. The predicted molar refractivity (Wildman–Crippen MR) is 64.3 cm³/mol. The molecule has 0 saturated carbocycles. The van der Waals surface area contributed by atoms with Gasteiger partial charge in [-0.25, -0.2) is 0 Å². The molecule has 0 aromatic heterocycles. The fraction of sp³-hybridized carbons (Fsp3) is 0.500. The maximum Gasteiger partial charge on any atom is 0.0672 e. The summed E-state index contributed by atoms with van der Waals surface area (Å²) < 4.78 is 0. The first-order valence-electron chi connectivity index (χ1n) is 5.15. The molecule has 1 atom stereocenters. The van der Waals surface area contributed by atoms with Gasteiger partial charge in [-0.3, -0.25) is 0 Å². The average Bonchev–Trinajstić information content (AvgIpc) is 2.18. The Morgan fingerprint density at radius 3 is 2.67 bits per heavy atom. The Morgan fingerprint density at radius 1 is 1.40 bits per heavy atom. The molecular formula is C12H18ClNO. The lowest BCUT2D eigenvalue weighted by atomic mass is 9.93. The number of hydrogen-bond acceptors (Lipinski definition) is 2. The van der Waals surface area contributed by atoms with Crippen molar-refractivity contribution in [2.45, 2.75) is 25.4 Å². The van der Waals surface area contributed by atoms with Crippen LogP contribution in [0.5, 0.6) is 0 Å². The molecule has 1 aromatic carbocycles. The minimum absolute atomic E-state index is 0.592. The van der Waals surface area contributed by atoms with Gasteiger partial charge in [0.15, 0.2) is 0 Å². The largest absolute Gasteiger partial charge is 0.390 e. The first-order chi connectivity index (χ1) is 7.05. The van der Waals surface area contributed by atoms with Crippen molar-refractivity contribution in [1.29, 1.82) is 0 Å². The van der Waals surface area contributed by atoms with E-state index in [9.17, 15) is 5.11 Å². The van der Waals surface area contributed by atoms with E-state index in [4.69, 9.17) is 11.6 Å². The van der Waals surface area contributed by atoms with E-state index in [1.807, 2.05) is 38.2 Å². The molecule has 0 saturated heterocycles. The van der Waals surface area contributed by atoms with Gasteiger partial charge in [-0.15, -0.1) is 0 Å². The fourth-order valence-electron chi connectivity index (χ4n) is 1.53. The van der Waals surface area contributed by atoms with E-state index in [2.05, 4.69) is 5.32 Å². The second-order valence-corrected chi connectivity index (χ2v) is 4.53. The lowest BCUT2D eigenvalue weighted by Gasteiger charge is -2.23. The maximum atomic E-state index is 10.1. The predicted octanol–water partition coefficient (Wildman–Crippen LogP) is 2.24. The third-order valence-electron chi connectivity index (χ3n) is 2.44. The molecule has 84 valence electrons. The quantitative estimate of drug-likeness (QED) is 0.809. The summed E-state index contributed by atoms with van der Waals surface area (Å²) in [4.78, 5) is 0. The molecule has 2 N–H and O–H groups in total. The van der Waals surface area contributed by atoms with Gasteiger partial charge in [0.1, 0.15) is 0 Å². The van der Waals surface area contributed by atoms with Gasteiger partial charge >= 0.3 is 0 Å². The maximum absolute atomic E-state index is 10.1. The summed E-state index contributed by atoms with van der Waals surface area (Å²) in [6, 6.07) is 7.64. The highest BCUT2D eigenvalue weighted by Crippen LogP contribution is 2.22. The van der Waals surface area contributed by atoms with Crippen molar-refractivity contribution in [3.8, 4) is 0 Å². The molecule has 0 aliphatic rings. The van der Waals surface area contributed by atoms with Crippen molar-refractivity contribution in [2.24, 2.45) is 0 Å². The van der Waals surface area contributed by atoms with Crippen molar-refractivity contribution < 1.29 is 5.11 Å². The molecule has 0 aliphatic heterocycles. The average molecular weight is 228 g/mol. The molecule has 0 radical (unpaired) electrons. The van der Waals surface area contributed by atoms with Crippen molar-refractivity contribution in [1.82, 2.24) is 5.32 Å². The molecule has 3 heteroatoms. The zero-order valence-corrected chi connectivity index (χ0v) is 10.0. The smallest absolute Gasteiger partial charge is 0.0672 e. The van der Waals surface area contributed by atoms with E-state index in [0.717, 1.165) is 17.1 Å². The second-order valence-electron chi connectivity index (χ2n) is 4.12. The van der Waals surface area contributed by atoms with Crippen LogP contribution in [0, 0.1) is 0 Å². The molecule has 1 aromatic rings. The van der Waals surface area contributed by atoms with Gasteiger partial charge < -0.3 is 10.4 Å². The Bertz CT molecular complexity index is 312. The van der Waals surface area contributed by atoms with Crippen LogP contribution in [0.3, 0.4) is 0 Å². The third-order valence-corrected chi connectivity index (χ3v) is 2.81. The van der Waals surface area contributed by atoms with Crippen molar-refractivity contribution >= 4 is 11.6 Å². The molecule has 15 heavy (non-hydrogen) atoms. The van der Waals surface area contributed by atoms with Crippen LogP contribution in [-0.2, 0) is 6.42 Å². The Labute approximate surface area is 96.3 Å². The Hall–Kier alpha value is -0.570. The van der Waals surface area contributed by atoms with Gasteiger partial charge in [-0.05, 0) is 38.6 Å². The van der Waals surface area contributed by atoms with Crippen LogP contribution in [0.25, 0.3) is 0 Å². The summed E-state index contributed by atoms with van der Waals surface area (Å²) in [5.74, 6) is 0. The summed E-state index contributed by atoms with van der Waals surface area (Å²) >= 11 is 6.04. The van der Waals surface area contributed by atoms with Crippen LogP contribution >= 0.6 is 11.6 Å². The first kappa shape index (κ1) is 12.5. The number of aliphatic hydroxyl groups is 1. The molecule has 0 spiro atoms. The fourth-order valence-corrected chi connectivity index (χ4v) is 1.74. The highest BCUT2D eigenvalue weighted by Gasteiger charge is 2.21. The standard InChI is InChI=1S/C12H18ClNO/c1-12(15,7-8-14-2)9-10-5-3-4-6-11(10)13/h3-6,14-15H,7-9H2,1-2H3. The van der Waals surface area contributed by atoms with Crippen molar-refractivity contribution in [3.63, 3.8) is 0 Å². The van der Waals surface area contributed by atoms with Crippen LogP contribution in [0.4, 0.5) is 0 Å². The second kappa shape index (κ2) is 5.50. The first-order valence-corrected chi connectivity index (χ1v) is 5.53. The summed E-state index contributed by atoms with van der Waals surface area (Å²) in [5, 5.41) is 13.9. The molecule has 0 amide bonds. The number of benzene rings is 1. The SMILES string of the molecule is CNCCC(C)(O)Cc1ccccc1Cl. The summed E-state index contributed by atoms with van der Waals surface area (Å²) in [7, 11) is 1.88. The summed E-state index contributed by atoms with van der Waals surface area (Å²) in [6.45, 7) is 2.64. The van der Waals surface area contributed by atoms with Gasteiger partial charge in [-0.2, -0.15) is 0 Å². The van der Waals surface area contributed by atoms with E-state index >= 15 is 0 Å². The minimum Gasteiger partial charge on any atom is -0.390 e. The molecular weight excluding hydrogens is 210 g/mol. The summed E-state index contributed by atoms with van der Waals surface area (Å²) in [6.07, 6.45) is 1.31. The Balaban J connectivity index is 2.64. The molecule has 0 fully saturated rings. The zero-order chi connectivity index (χ0) is 11.3. The van der Waals surface area contributed by atoms with Gasteiger partial charge in [0.2, 0.25) is 0 Å². The summed E-state index contributed by atoms with van der Waals surface area (Å²) in [5.41, 5.74) is 0.300. The molecule has 0 bridgehead atoms. The highest BCUT2D eigenvalue weighted by atomic mass is 35.5. The van der Waals surface area contributed by atoms with Crippen molar-refractivity contribution in [2.75, 3.05) is 13.6 Å². The van der Waals surface area contributed by atoms with E-state index < -0.39 is 5.60 Å². The van der Waals surface area contributed by atoms with Crippen LogP contribution in [0.15, 0.2) is 24.3 Å². The number of rotatable bonds is 5. The van der Waals surface area contributed by atoms with Crippen LogP contribution < -0.4 is 5.32 Å². The van der Waals surface area contributed by atoms with Crippen LogP contribution in [0.2, 0.25) is 5.02 Å². The third kappa shape index (κ3) is 4.20. The zero-order valence-electron chi connectivity index (χ0n) is 9.26. The monoisotopic (exact) mass is 227 g/mol. The normalized spacial score (nSPS) is 14.9. The molecule has 0 aliphatic carbocycles. The van der Waals surface area contributed by atoms with Crippen LogP contribution in [0.1, 0.15) is 18.9 Å². The lowest BCUT2D eigenvalue weighted by Crippen LogP contribution is -2.31. The molecule has 0 heterocycles. The lowest BCUT2D eigenvalue weighted by molar-refractivity contribution is 0.0521. The minimum atomic E-state index is -0.700. The molecule has 1 rings (SSSR count). The number of nitrogens with one attached hydrogen (secondary N) is 1. The van der Waals surface area contributed by atoms with E-state index in [1.165, 1.54) is 0 Å². The van der Waals surface area contributed by atoms with Crippen LogP contribution in [-0.4, -0.2) is 24.3 Å². The van der Waals surface area contributed by atoms with E-state index in [1.54, 1.807) is 0 Å². The van der Waals surface area contributed by atoms with Gasteiger partial charge in [-0.1, -0.05) is 29.8 Å². The number of halogens is 1. The Kier molecular flexibility index (Phi) is 4.58. The topological polar surface area (TPSA) is 32.3 Å². The van der Waals surface area contributed by atoms with E-state index in [-0.39, 0.29) is 0 Å². The molecule has 1 unspecified atom stereocenters. The van der Waals surface area contributed by atoms with E-state index in [0.29, 0.717) is 12.8 Å². The van der Waals surface area contributed by atoms with Crippen molar-refractivity contribution in [3.05, 3.63) is 34.9 Å². The van der Waals surface area contributed by atoms with Gasteiger partial charge in [0.05, 0.1) is 5.60 Å². The van der Waals surface area contributed by atoms with Gasteiger partial charge in [0, 0.05) is 11.4 Å².